The molecular formula is C12H20N2O3. The first-order valence-corrected chi connectivity index (χ1v) is 6.26. The molecule has 1 heterocycles. The molecule has 0 radical (unpaired) electrons. The zero-order chi connectivity index (χ0) is 12.3. The molecule has 0 aromatic carbocycles. The lowest BCUT2D eigenvalue weighted by Crippen LogP contribution is -2.26. The number of hydrogen-bond donors (Lipinski definition) is 1. The molecule has 0 saturated heterocycles. The predicted octanol–water partition coefficient (Wildman–Crippen LogP) is 1.80. The summed E-state index contributed by atoms with van der Waals surface area (Å²) < 4.78 is 10.8. The lowest BCUT2D eigenvalue weighted by molar-refractivity contribution is -0.0178. The molecule has 0 bridgehead atoms. The molecule has 5 heteroatoms. The molecule has 1 aromatic heterocycles. The van der Waals surface area contributed by atoms with Crippen LogP contribution < -0.4 is 0 Å². The maximum Gasteiger partial charge on any atom is 0.229 e. The quantitative estimate of drug-likeness (QED) is 0.850. The van der Waals surface area contributed by atoms with Crippen LogP contribution in [0.2, 0.25) is 0 Å². The van der Waals surface area contributed by atoms with E-state index in [-0.39, 0.29) is 5.60 Å². The van der Waals surface area contributed by atoms with Crippen LogP contribution >= 0.6 is 0 Å². The van der Waals surface area contributed by atoms with Crippen LogP contribution in [0.4, 0.5) is 0 Å². The van der Waals surface area contributed by atoms with Gasteiger partial charge in [-0.15, -0.1) is 0 Å². The molecular weight excluding hydrogens is 220 g/mol. The van der Waals surface area contributed by atoms with Gasteiger partial charge in [-0.3, -0.25) is 0 Å². The Morgan fingerprint density at radius 3 is 2.76 bits per heavy atom. The summed E-state index contributed by atoms with van der Waals surface area (Å²) in [6.45, 7) is 1.93. The molecule has 2 rings (SSSR count). The highest BCUT2D eigenvalue weighted by molar-refractivity contribution is 5.04. The van der Waals surface area contributed by atoms with E-state index < -0.39 is 6.10 Å². The fraction of sp³-hybridized carbons (Fsp3) is 0.833. The lowest BCUT2D eigenvalue weighted by Gasteiger charge is -2.22. The molecule has 1 fully saturated rings. The van der Waals surface area contributed by atoms with Gasteiger partial charge in [0, 0.05) is 7.11 Å². The van der Waals surface area contributed by atoms with Gasteiger partial charge in [0.2, 0.25) is 11.7 Å². The van der Waals surface area contributed by atoms with Gasteiger partial charge in [0.25, 0.3) is 0 Å². The van der Waals surface area contributed by atoms with Gasteiger partial charge in [0.15, 0.2) is 0 Å². The van der Waals surface area contributed by atoms with Crippen molar-refractivity contribution in [1.82, 2.24) is 10.1 Å². The maximum absolute atomic E-state index is 9.55. The molecule has 1 N–H and O–H groups in total. The average Bonchev–Trinajstić information content (AvgIpc) is 2.97. The number of hydrogen-bond acceptors (Lipinski definition) is 5. The third kappa shape index (κ3) is 2.50. The van der Waals surface area contributed by atoms with Gasteiger partial charge < -0.3 is 14.4 Å². The van der Waals surface area contributed by atoms with Crippen molar-refractivity contribution in [3.05, 3.63) is 11.7 Å². The number of aliphatic hydroxyl groups is 1. The Labute approximate surface area is 101 Å². The zero-order valence-corrected chi connectivity index (χ0v) is 10.5. The molecule has 96 valence electrons. The monoisotopic (exact) mass is 240 g/mol. The Bertz CT molecular complexity index is 358. The van der Waals surface area contributed by atoms with Crippen molar-refractivity contribution in [3.63, 3.8) is 0 Å². The van der Waals surface area contributed by atoms with E-state index in [1.54, 1.807) is 7.11 Å². The topological polar surface area (TPSA) is 68.4 Å². The Morgan fingerprint density at radius 2 is 2.18 bits per heavy atom. The van der Waals surface area contributed by atoms with Crippen LogP contribution in [0.25, 0.3) is 0 Å². The van der Waals surface area contributed by atoms with Crippen LogP contribution in [-0.4, -0.2) is 28.5 Å². The molecule has 1 unspecified atom stereocenters. The van der Waals surface area contributed by atoms with Gasteiger partial charge in [-0.25, -0.2) is 0 Å². The number of nitrogens with zero attached hydrogens (tertiary/aromatic N) is 2. The van der Waals surface area contributed by atoms with Crippen LogP contribution in [0.1, 0.15) is 50.7 Å². The second-order valence-electron chi connectivity index (χ2n) is 4.68. The Kier molecular flexibility index (Phi) is 3.79. The largest absolute Gasteiger partial charge is 0.393 e. The first-order chi connectivity index (χ1) is 8.20. The summed E-state index contributed by atoms with van der Waals surface area (Å²) in [5, 5.41) is 13.6. The van der Waals surface area contributed by atoms with Gasteiger partial charge in [-0.1, -0.05) is 12.1 Å². The van der Waals surface area contributed by atoms with Gasteiger partial charge in [0.05, 0.1) is 12.5 Å². The Morgan fingerprint density at radius 1 is 1.47 bits per heavy atom. The molecule has 1 aliphatic rings. The fourth-order valence-corrected chi connectivity index (χ4v) is 2.33. The first-order valence-electron chi connectivity index (χ1n) is 6.26. The van der Waals surface area contributed by atoms with Gasteiger partial charge in [0.1, 0.15) is 5.60 Å². The van der Waals surface area contributed by atoms with E-state index in [0.717, 1.165) is 25.7 Å². The fourth-order valence-electron chi connectivity index (χ4n) is 2.33. The minimum Gasteiger partial charge on any atom is -0.393 e. The average molecular weight is 240 g/mol. The summed E-state index contributed by atoms with van der Waals surface area (Å²) in [5.41, 5.74) is -0.362. The number of ether oxygens (including phenoxy) is 1. The zero-order valence-electron chi connectivity index (χ0n) is 10.5. The van der Waals surface area contributed by atoms with Crippen molar-refractivity contribution < 1.29 is 14.4 Å². The number of aliphatic hydroxyl groups excluding tert-OH is 1. The maximum atomic E-state index is 9.55. The summed E-state index contributed by atoms with van der Waals surface area (Å²) in [5.74, 6) is 1.13. The highest BCUT2D eigenvalue weighted by Crippen LogP contribution is 2.40. The minimum atomic E-state index is -0.412. The standard InChI is InChI=1S/C12H20N2O3/c1-3-9(15)8-10-13-11(14-17-10)12(16-2)6-4-5-7-12/h9,15H,3-8H2,1-2H3. The van der Waals surface area contributed by atoms with E-state index in [1.165, 1.54) is 0 Å². The van der Waals surface area contributed by atoms with Crippen molar-refractivity contribution in [2.75, 3.05) is 7.11 Å². The highest BCUT2D eigenvalue weighted by atomic mass is 16.5. The molecule has 1 saturated carbocycles. The molecule has 0 amide bonds. The Balaban J connectivity index is 2.11. The van der Waals surface area contributed by atoms with E-state index in [9.17, 15) is 5.11 Å². The first kappa shape index (κ1) is 12.5. The van der Waals surface area contributed by atoms with E-state index in [0.29, 0.717) is 24.6 Å². The normalized spacial score (nSPS) is 20.6. The smallest absolute Gasteiger partial charge is 0.229 e. The van der Waals surface area contributed by atoms with Gasteiger partial charge >= 0.3 is 0 Å². The summed E-state index contributed by atoms with van der Waals surface area (Å²) in [6, 6.07) is 0. The summed E-state index contributed by atoms with van der Waals surface area (Å²) >= 11 is 0. The predicted molar refractivity (Wildman–Crippen MR) is 61.5 cm³/mol. The van der Waals surface area contributed by atoms with E-state index in [1.807, 2.05) is 6.92 Å². The van der Waals surface area contributed by atoms with Crippen molar-refractivity contribution in [2.24, 2.45) is 0 Å². The van der Waals surface area contributed by atoms with Crippen LogP contribution in [0.3, 0.4) is 0 Å². The van der Waals surface area contributed by atoms with Crippen molar-refractivity contribution in [1.29, 1.82) is 0 Å². The summed E-state index contributed by atoms with van der Waals surface area (Å²) in [4.78, 5) is 4.36. The van der Waals surface area contributed by atoms with Crippen molar-refractivity contribution in [3.8, 4) is 0 Å². The number of rotatable bonds is 5. The number of aromatic nitrogens is 2. The second-order valence-corrected chi connectivity index (χ2v) is 4.68. The SMILES string of the molecule is CCC(O)Cc1nc(C2(OC)CCCC2)no1. The Hall–Kier alpha value is -0.940. The molecule has 5 nitrogen and oxygen atoms in total. The second kappa shape index (κ2) is 5.14. The van der Waals surface area contributed by atoms with Crippen LogP contribution in [0.15, 0.2) is 4.52 Å². The van der Waals surface area contributed by atoms with E-state index >= 15 is 0 Å². The summed E-state index contributed by atoms with van der Waals surface area (Å²) in [7, 11) is 1.70. The van der Waals surface area contributed by atoms with Crippen LogP contribution in [0.5, 0.6) is 0 Å². The van der Waals surface area contributed by atoms with Crippen molar-refractivity contribution in [2.45, 2.75) is 57.2 Å². The van der Waals surface area contributed by atoms with Crippen LogP contribution in [-0.2, 0) is 16.8 Å². The van der Waals surface area contributed by atoms with Crippen molar-refractivity contribution >= 4 is 0 Å². The van der Waals surface area contributed by atoms with Crippen LogP contribution in [0, 0.1) is 0 Å². The third-order valence-corrected chi connectivity index (χ3v) is 3.56. The molecule has 1 aliphatic carbocycles. The van der Waals surface area contributed by atoms with Gasteiger partial charge in [-0.2, -0.15) is 4.98 Å². The lowest BCUT2D eigenvalue weighted by atomic mass is 10.0. The molecule has 1 aromatic rings. The minimum absolute atomic E-state index is 0.362. The molecule has 17 heavy (non-hydrogen) atoms. The number of methoxy groups -OCH3 is 1. The van der Waals surface area contributed by atoms with E-state index in [4.69, 9.17) is 9.26 Å². The van der Waals surface area contributed by atoms with Gasteiger partial charge in [-0.05, 0) is 32.1 Å². The van der Waals surface area contributed by atoms with E-state index in [2.05, 4.69) is 10.1 Å². The highest BCUT2D eigenvalue weighted by Gasteiger charge is 2.40. The molecule has 0 spiro atoms. The third-order valence-electron chi connectivity index (χ3n) is 3.56. The summed E-state index contributed by atoms with van der Waals surface area (Å²) in [6.07, 6.45) is 4.85. The molecule has 1 atom stereocenters. The molecule has 0 aliphatic heterocycles.